The molecule has 3 amide bonds. The first kappa shape index (κ1) is 25.1. The molecule has 2 N–H and O–H groups in total. The lowest BCUT2D eigenvalue weighted by Crippen LogP contribution is -2.46. The van der Waals surface area contributed by atoms with E-state index in [1.54, 1.807) is 36.5 Å². The number of pyridine rings is 1. The normalized spacial score (nSPS) is 14.2. The lowest BCUT2D eigenvalue weighted by atomic mass is 10.0. The van der Waals surface area contributed by atoms with Crippen molar-refractivity contribution in [2.75, 3.05) is 5.32 Å². The summed E-state index contributed by atoms with van der Waals surface area (Å²) in [5, 5.41) is 5.72. The van der Waals surface area contributed by atoms with Crippen LogP contribution >= 0.6 is 0 Å². The molecule has 0 aliphatic heterocycles. The van der Waals surface area contributed by atoms with Crippen LogP contribution in [0.5, 0.6) is 0 Å². The third-order valence-electron chi connectivity index (χ3n) is 6.17. The number of hydrogen-bond donors (Lipinski definition) is 2. The molecule has 1 saturated carbocycles. The van der Waals surface area contributed by atoms with Gasteiger partial charge in [-0.15, -0.1) is 0 Å². The van der Waals surface area contributed by atoms with Gasteiger partial charge in [0.2, 0.25) is 17.7 Å². The van der Waals surface area contributed by atoms with E-state index in [-0.39, 0.29) is 37.2 Å². The van der Waals surface area contributed by atoms with Gasteiger partial charge in [0.1, 0.15) is 23.4 Å². The summed E-state index contributed by atoms with van der Waals surface area (Å²) in [4.78, 5) is 44.9. The van der Waals surface area contributed by atoms with Crippen molar-refractivity contribution in [1.29, 1.82) is 0 Å². The minimum atomic E-state index is -1.01. The number of nitrogens with one attached hydrogen (secondary N) is 2. The Balaban J connectivity index is 1.55. The van der Waals surface area contributed by atoms with Crippen LogP contribution in [0.3, 0.4) is 0 Å². The number of aromatic nitrogens is 1. The topological polar surface area (TPSA) is 105 Å². The quantitative estimate of drug-likeness (QED) is 0.438. The average Bonchev–Trinajstić information content (AvgIpc) is 3.58. The van der Waals surface area contributed by atoms with Gasteiger partial charge in [-0.2, -0.15) is 0 Å². The Kier molecular flexibility index (Phi) is 8.44. The molecule has 36 heavy (non-hydrogen) atoms. The van der Waals surface area contributed by atoms with Gasteiger partial charge in [-0.25, -0.2) is 9.37 Å². The van der Waals surface area contributed by atoms with Crippen LogP contribution in [0.25, 0.3) is 0 Å². The first-order valence-electron chi connectivity index (χ1n) is 12.1. The number of carbonyl (C=O) groups is 3. The molecule has 0 saturated heterocycles. The highest BCUT2D eigenvalue weighted by Crippen LogP contribution is 2.27. The van der Waals surface area contributed by atoms with E-state index in [9.17, 15) is 18.8 Å². The molecule has 2 heterocycles. The Morgan fingerprint density at radius 3 is 2.47 bits per heavy atom. The van der Waals surface area contributed by atoms with Gasteiger partial charge in [-0.3, -0.25) is 14.4 Å². The van der Waals surface area contributed by atoms with Gasteiger partial charge >= 0.3 is 0 Å². The Morgan fingerprint density at radius 2 is 1.81 bits per heavy atom. The second-order valence-corrected chi connectivity index (χ2v) is 8.81. The molecule has 1 aliphatic rings. The van der Waals surface area contributed by atoms with Gasteiger partial charge < -0.3 is 20.0 Å². The van der Waals surface area contributed by atoms with Crippen molar-refractivity contribution in [1.82, 2.24) is 15.2 Å². The van der Waals surface area contributed by atoms with Gasteiger partial charge in [0.05, 0.1) is 12.8 Å². The fourth-order valence-corrected chi connectivity index (χ4v) is 4.37. The summed E-state index contributed by atoms with van der Waals surface area (Å²) in [7, 11) is 0. The minimum absolute atomic E-state index is 0.0216. The van der Waals surface area contributed by atoms with Gasteiger partial charge in [-0.05, 0) is 54.8 Å². The van der Waals surface area contributed by atoms with Crippen LogP contribution in [0.4, 0.5) is 10.2 Å². The number of benzene rings is 1. The molecule has 0 radical (unpaired) electrons. The molecule has 1 atom stereocenters. The molecule has 1 fully saturated rings. The van der Waals surface area contributed by atoms with Crippen LogP contribution in [0, 0.1) is 5.82 Å². The van der Waals surface area contributed by atoms with E-state index in [0.717, 1.165) is 25.7 Å². The highest BCUT2D eigenvalue weighted by atomic mass is 19.1. The van der Waals surface area contributed by atoms with Gasteiger partial charge in [0.15, 0.2) is 0 Å². The zero-order chi connectivity index (χ0) is 25.3. The predicted molar refractivity (Wildman–Crippen MR) is 131 cm³/mol. The third kappa shape index (κ3) is 6.78. The number of rotatable bonds is 10. The molecule has 2 aromatic heterocycles. The molecule has 1 aromatic carbocycles. The van der Waals surface area contributed by atoms with E-state index in [1.165, 1.54) is 35.4 Å². The lowest BCUT2D eigenvalue weighted by Gasteiger charge is -2.32. The molecule has 188 valence electrons. The molecule has 9 heteroatoms. The Hall–Kier alpha value is -4.01. The fraction of sp³-hybridized carbons (Fsp3) is 0.333. The zero-order valence-corrected chi connectivity index (χ0v) is 19.9. The number of hydrogen-bond acceptors (Lipinski definition) is 5. The number of anilines is 1. The Morgan fingerprint density at radius 1 is 1.03 bits per heavy atom. The van der Waals surface area contributed by atoms with E-state index < -0.39 is 17.8 Å². The third-order valence-corrected chi connectivity index (χ3v) is 6.17. The SMILES string of the molecule is O=C(CCC(=O)N(Cc1ccco1)[C@H](C(=O)NC1CCCC1)c1ccc(F)cc1)Nc1ccccn1. The molecule has 0 bridgehead atoms. The summed E-state index contributed by atoms with van der Waals surface area (Å²) in [5.74, 6) is -0.674. The molecule has 1 aliphatic carbocycles. The van der Waals surface area contributed by atoms with Crippen LogP contribution in [-0.4, -0.2) is 33.6 Å². The summed E-state index contributed by atoms with van der Waals surface area (Å²) in [6, 6.07) is 13.1. The zero-order valence-electron chi connectivity index (χ0n) is 19.9. The minimum Gasteiger partial charge on any atom is -0.467 e. The summed E-state index contributed by atoms with van der Waals surface area (Å²) >= 11 is 0. The first-order valence-corrected chi connectivity index (χ1v) is 12.1. The van der Waals surface area contributed by atoms with Crippen molar-refractivity contribution < 1.29 is 23.2 Å². The molecular formula is C27H29FN4O4. The molecule has 3 aromatic rings. The number of carbonyl (C=O) groups excluding carboxylic acids is 3. The summed E-state index contributed by atoms with van der Waals surface area (Å²) in [6.07, 6.45) is 6.65. The summed E-state index contributed by atoms with van der Waals surface area (Å²) in [6.45, 7) is 0.0216. The Labute approximate surface area is 208 Å². The van der Waals surface area contributed by atoms with Gasteiger partial charge in [0.25, 0.3) is 0 Å². The van der Waals surface area contributed by atoms with E-state index in [2.05, 4.69) is 15.6 Å². The molecule has 0 spiro atoms. The number of nitrogens with zero attached hydrogens (tertiary/aromatic N) is 2. The largest absolute Gasteiger partial charge is 0.467 e. The van der Waals surface area contributed by atoms with Gasteiger partial charge in [-0.1, -0.05) is 31.0 Å². The maximum absolute atomic E-state index is 13.7. The second kappa shape index (κ2) is 12.1. The van der Waals surface area contributed by atoms with Crippen molar-refractivity contribution >= 4 is 23.5 Å². The van der Waals surface area contributed by atoms with E-state index in [1.807, 2.05) is 0 Å². The van der Waals surface area contributed by atoms with Crippen LogP contribution < -0.4 is 10.6 Å². The van der Waals surface area contributed by atoms with Crippen molar-refractivity contribution in [2.45, 2.75) is 57.2 Å². The summed E-state index contributed by atoms with van der Waals surface area (Å²) < 4.78 is 19.2. The maximum Gasteiger partial charge on any atom is 0.247 e. The van der Waals surface area contributed by atoms with Crippen molar-refractivity contribution in [3.05, 3.63) is 84.2 Å². The summed E-state index contributed by atoms with van der Waals surface area (Å²) in [5.41, 5.74) is 0.477. The van der Waals surface area contributed by atoms with Crippen LogP contribution in [-0.2, 0) is 20.9 Å². The lowest BCUT2D eigenvalue weighted by molar-refractivity contribution is -0.142. The molecular weight excluding hydrogens is 463 g/mol. The monoisotopic (exact) mass is 492 g/mol. The van der Waals surface area contributed by atoms with E-state index >= 15 is 0 Å². The van der Waals surface area contributed by atoms with Crippen LogP contribution in [0.15, 0.2) is 71.5 Å². The number of halogens is 1. The molecule has 0 unspecified atom stereocenters. The van der Waals surface area contributed by atoms with E-state index in [0.29, 0.717) is 17.1 Å². The first-order chi connectivity index (χ1) is 17.5. The highest BCUT2D eigenvalue weighted by Gasteiger charge is 2.33. The standard InChI is InChI=1S/C27H29FN4O4/c28-20-12-10-19(11-13-20)26(27(35)30-21-6-1-2-7-21)32(18-22-8-5-17-36-22)25(34)15-14-24(33)31-23-9-3-4-16-29-23/h3-5,8-13,16-17,21,26H,1-2,6-7,14-15,18H2,(H,30,35)(H,29,31,33)/t26-/m0/s1. The smallest absolute Gasteiger partial charge is 0.247 e. The molecule has 4 rings (SSSR count). The maximum atomic E-state index is 13.7. The van der Waals surface area contributed by atoms with Crippen molar-refractivity contribution in [3.8, 4) is 0 Å². The van der Waals surface area contributed by atoms with Crippen molar-refractivity contribution in [2.24, 2.45) is 0 Å². The fourth-order valence-electron chi connectivity index (χ4n) is 4.37. The van der Waals surface area contributed by atoms with Gasteiger partial charge in [0, 0.05) is 25.1 Å². The van der Waals surface area contributed by atoms with Crippen molar-refractivity contribution in [3.63, 3.8) is 0 Å². The van der Waals surface area contributed by atoms with E-state index in [4.69, 9.17) is 4.42 Å². The predicted octanol–water partition coefficient (Wildman–Crippen LogP) is 4.36. The van der Waals surface area contributed by atoms with Crippen LogP contribution in [0.1, 0.15) is 55.9 Å². The number of amides is 3. The number of furan rings is 1. The van der Waals surface area contributed by atoms with Crippen LogP contribution in [0.2, 0.25) is 0 Å². The second-order valence-electron chi connectivity index (χ2n) is 8.81. The molecule has 8 nitrogen and oxygen atoms in total. The Bertz CT molecular complexity index is 1150. The average molecular weight is 493 g/mol. The highest BCUT2D eigenvalue weighted by molar-refractivity contribution is 5.94.